The van der Waals surface area contributed by atoms with E-state index in [-0.39, 0.29) is 0 Å². The molecule has 0 heterocycles. The third-order valence-electron chi connectivity index (χ3n) is 2.44. The highest BCUT2D eigenvalue weighted by Crippen LogP contribution is 2.18. The van der Waals surface area contributed by atoms with Gasteiger partial charge in [0.25, 0.3) is 0 Å². The first-order valence-electron chi connectivity index (χ1n) is 5.22. The first-order chi connectivity index (χ1) is 5.85. The van der Waals surface area contributed by atoms with Crippen LogP contribution in [-0.2, 0) is 0 Å². The molecule has 0 fully saturated rings. The average molecular weight is 167 g/mol. The summed E-state index contributed by atoms with van der Waals surface area (Å²) in [4.78, 5) is 0. The van der Waals surface area contributed by atoms with E-state index in [4.69, 9.17) is 5.26 Å². The van der Waals surface area contributed by atoms with E-state index in [2.05, 4.69) is 19.9 Å². The summed E-state index contributed by atoms with van der Waals surface area (Å²) in [5.41, 5.74) is 0. The van der Waals surface area contributed by atoms with E-state index < -0.39 is 0 Å². The summed E-state index contributed by atoms with van der Waals surface area (Å²) in [5.74, 6) is 0.873. The van der Waals surface area contributed by atoms with E-state index in [0.29, 0.717) is 0 Å². The van der Waals surface area contributed by atoms with Crippen molar-refractivity contribution < 1.29 is 0 Å². The Balaban J connectivity index is 3.34. The van der Waals surface area contributed by atoms with Crippen LogP contribution in [0.4, 0.5) is 0 Å². The van der Waals surface area contributed by atoms with Crippen LogP contribution in [0.25, 0.3) is 0 Å². The van der Waals surface area contributed by atoms with Crippen molar-refractivity contribution >= 4 is 0 Å². The minimum absolute atomic E-state index is 0.739. The summed E-state index contributed by atoms with van der Waals surface area (Å²) in [7, 11) is 0. The Morgan fingerprint density at radius 1 is 1.17 bits per heavy atom. The standard InChI is InChI=1S/C11H21N/c1-3-5-8-11(4-2)9-6-7-10-12/h11H,3-9H2,1-2H3. The normalized spacial score (nSPS) is 12.4. The van der Waals surface area contributed by atoms with Crippen molar-refractivity contribution in [3.63, 3.8) is 0 Å². The van der Waals surface area contributed by atoms with Crippen molar-refractivity contribution in [1.29, 1.82) is 5.26 Å². The Morgan fingerprint density at radius 2 is 1.83 bits per heavy atom. The van der Waals surface area contributed by atoms with E-state index in [1.165, 1.54) is 32.1 Å². The zero-order valence-corrected chi connectivity index (χ0v) is 8.47. The Bertz CT molecular complexity index is 123. The maximum Gasteiger partial charge on any atom is 0.0621 e. The van der Waals surface area contributed by atoms with Gasteiger partial charge in [-0.15, -0.1) is 0 Å². The molecule has 0 spiro atoms. The fourth-order valence-electron chi connectivity index (χ4n) is 1.52. The van der Waals surface area contributed by atoms with Crippen LogP contribution in [0.15, 0.2) is 0 Å². The number of rotatable bonds is 7. The van der Waals surface area contributed by atoms with Crippen LogP contribution in [0.3, 0.4) is 0 Å². The van der Waals surface area contributed by atoms with Gasteiger partial charge in [0.1, 0.15) is 0 Å². The first-order valence-corrected chi connectivity index (χ1v) is 5.22. The number of unbranched alkanes of at least 4 members (excludes halogenated alkanes) is 2. The predicted molar refractivity (Wildman–Crippen MR) is 52.8 cm³/mol. The van der Waals surface area contributed by atoms with Crippen molar-refractivity contribution in [2.45, 2.75) is 58.8 Å². The maximum atomic E-state index is 8.38. The van der Waals surface area contributed by atoms with E-state index >= 15 is 0 Å². The van der Waals surface area contributed by atoms with Crippen LogP contribution in [0.2, 0.25) is 0 Å². The molecule has 0 aliphatic heterocycles. The zero-order valence-electron chi connectivity index (χ0n) is 8.47. The van der Waals surface area contributed by atoms with Crippen molar-refractivity contribution in [2.75, 3.05) is 0 Å². The van der Waals surface area contributed by atoms with Gasteiger partial charge in [-0.25, -0.2) is 0 Å². The molecule has 0 amide bonds. The summed E-state index contributed by atoms with van der Waals surface area (Å²) >= 11 is 0. The maximum absolute atomic E-state index is 8.38. The first kappa shape index (κ1) is 11.5. The molecule has 0 bridgehead atoms. The summed E-state index contributed by atoms with van der Waals surface area (Å²) in [6.45, 7) is 4.49. The molecule has 0 radical (unpaired) electrons. The van der Waals surface area contributed by atoms with Crippen LogP contribution in [-0.4, -0.2) is 0 Å². The largest absolute Gasteiger partial charge is 0.198 e. The van der Waals surface area contributed by atoms with Crippen molar-refractivity contribution in [1.82, 2.24) is 0 Å². The smallest absolute Gasteiger partial charge is 0.0621 e. The average Bonchev–Trinajstić information content (AvgIpc) is 2.11. The van der Waals surface area contributed by atoms with Crippen molar-refractivity contribution in [3.05, 3.63) is 0 Å². The minimum atomic E-state index is 0.739. The summed E-state index contributed by atoms with van der Waals surface area (Å²) < 4.78 is 0. The fourth-order valence-corrected chi connectivity index (χ4v) is 1.52. The molecule has 1 unspecified atom stereocenters. The van der Waals surface area contributed by atoms with E-state index in [1.807, 2.05) is 0 Å². The molecular formula is C11H21N. The molecule has 0 rings (SSSR count). The predicted octanol–water partition coefficient (Wildman–Crippen LogP) is 3.90. The summed E-state index contributed by atoms with van der Waals surface area (Å²) in [6.07, 6.45) is 8.38. The van der Waals surface area contributed by atoms with Crippen LogP contribution in [0.5, 0.6) is 0 Å². The van der Waals surface area contributed by atoms with Gasteiger partial charge in [0.15, 0.2) is 0 Å². The van der Waals surface area contributed by atoms with Gasteiger partial charge in [0.2, 0.25) is 0 Å². The van der Waals surface area contributed by atoms with Gasteiger partial charge in [-0.05, 0) is 18.8 Å². The zero-order chi connectivity index (χ0) is 9.23. The summed E-state index contributed by atoms with van der Waals surface area (Å²) in [5, 5.41) is 8.38. The molecule has 0 aromatic heterocycles. The second-order valence-corrected chi connectivity index (χ2v) is 3.47. The highest BCUT2D eigenvalue weighted by atomic mass is 14.2. The lowest BCUT2D eigenvalue weighted by Crippen LogP contribution is -1.98. The second kappa shape index (κ2) is 8.59. The molecule has 0 aromatic carbocycles. The molecule has 1 heteroatoms. The van der Waals surface area contributed by atoms with E-state index in [9.17, 15) is 0 Å². The molecule has 0 saturated carbocycles. The summed E-state index contributed by atoms with van der Waals surface area (Å²) in [6, 6.07) is 2.20. The second-order valence-electron chi connectivity index (χ2n) is 3.47. The monoisotopic (exact) mass is 167 g/mol. The van der Waals surface area contributed by atoms with E-state index in [1.54, 1.807) is 0 Å². The highest BCUT2D eigenvalue weighted by Gasteiger charge is 2.04. The fraction of sp³-hybridized carbons (Fsp3) is 0.909. The Morgan fingerprint density at radius 3 is 2.33 bits per heavy atom. The number of nitrogens with zero attached hydrogens (tertiary/aromatic N) is 1. The highest BCUT2D eigenvalue weighted by molar-refractivity contribution is 4.69. The Labute approximate surface area is 76.8 Å². The van der Waals surface area contributed by atoms with Gasteiger partial charge in [0.05, 0.1) is 6.07 Å². The topological polar surface area (TPSA) is 23.8 Å². The number of hydrogen-bond donors (Lipinski definition) is 0. The van der Waals surface area contributed by atoms with Crippen molar-refractivity contribution in [2.24, 2.45) is 5.92 Å². The lowest BCUT2D eigenvalue weighted by molar-refractivity contribution is 0.412. The number of hydrogen-bond acceptors (Lipinski definition) is 1. The number of nitriles is 1. The van der Waals surface area contributed by atoms with Gasteiger partial charge in [-0.2, -0.15) is 5.26 Å². The molecule has 1 atom stereocenters. The molecule has 0 aromatic rings. The van der Waals surface area contributed by atoms with Crippen LogP contribution >= 0.6 is 0 Å². The lowest BCUT2D eigenvalue weighted by Gasteiger charge is -2.12. The molecule has 1 nitrogen and oxygen atoms in total. The third-order valence-corrected chi connectivity index (χ3v) is 2.44. The Kier molecular flexibility index (Phi) is 8.22. The minimum Gasteiger partial charge on any atom is -0.198 e. The Hall–Kier alpha value is -0.510. The van der Waals surface area contributed by atoms with Gasteiger partial charge in [0, 0.05) is 6.42 Å². The molecule has 0 aliphatic carbocycles. The van der Waals surface area contributed by atoms with Gasteiger partial charge >= 0.3 is 0 Å². The molecule has 0 N–H and O–H groups in total. The molecule has 12 heavy (non-hydrogen) atoms. The SMILES string of the molecule is CCCCC(CC)CCCC#N. The van der Waals surface area contributed by atoms with Crippen LogP contribution < -0.4 is 0 Å². The van der Waals surface area contributed by atoms with Crippen LogP contribution in [0.1, 0.15) is 58.8 Å². The quantitative estimate of drug-likeness (QED) is 0.527. The van der Waals surface area contributed by atoms with Gasteiger partial charge in [-0.1, -0.05) is 39.5 Å². The van der Waals surface area contributed by atoms with Gasteiger partial charge in [-0.3, -0.25) is 0 Å². The molecule has 0 aliphatic rings. The molecule has 0 saturated heterocycles. The van der Waals surface area contributed by atoms with Crippen molar-refractivity contribution in [3.8, 4) is 6.07 Å². The molecular weight excluding hydrogens is 146 g/mol. The molecule has 70 valence electrons. The van der Waals surface area contributed by atoms with Gasteiger partial charge < -0.3 is 0 Å². The lowest BCUT2D eigenvalue weighted by atomic mass is 9.94. The third kappa shape index (κ3) is 6.22. The van der Waals surface area contributed by atoms with E-state index in [0.717, 1.165) is 18.8 Å². The van der Waals surface area contributed by atoms with Crippen LogP contribution in [0, 0.1) is 17.2 Å².